The molecule has 1 saturated carbocycles. The van der Waals surface area contributed by atoms with Crippen LogP contribution >= 0.6 is 11.3 Å². The van der Waals surface area contributed by atoms with E-state index < -0.39 is 0 Å². The van der Waals surface area contributed by atoms with Gasteiger partial charge in [0.1, 0.15) is 10.9 Å². The van der Waals surface area contributed by atoms with Crippen molar-refractivity contribution < 1.29 is 0 Å². The highest BCUT2D eigenvalue weighted by Crippen LogP contribution is 2.64. The zero-order valence-corrected chi connectivity index (χ0v) is 9.27. The Balaban J connectivity index is 2.23. The van der Waals surface area contributed by atoms with E-state index in [2.05, 4.69) is 26.0 Å². The van der Waals surface area contributed by atoms with E-state index >= 15 is 0 Å². The lowest BCUT2D eigenvalue weighted by Crippen LogP contribution is -2.05. The van der Waals surface area contributed by atoms with Crippen molar-refractivity contribution in [2.45, 2.75) is 19.8 Å². The fourth-order valence-electron chi connectivity index (χ4n) is 2.33. The molecule has 1 aliphatic carbocycles. The molecule has 1 heterocycles. The molecule has 0 bridgehead atoms. The van der Waals surface area contributed by atoms with Crippen molar-refractivity contribution in [3.63, 3.8) is 0 Å². The number of thiophene rings is 1. The molecule has 0 radical (unpaired) electrons. The molecule has 2 nitrogen and oxygen atoms in total. The third-order valence-corrected chi connectivity index (χ3v) is 4.42. The SMILES string of the molecule is CC1(C)[C@H](CN)[C@H]1c1ccc(C#N)s1. The Hall–Kier alpha value is -0.850. The molecular formula is C11H14N2S. The van der Waals surface area contributed by atoms with Crippen molar-refractivity contribution in [2.75, 3.05) is 6.54 Å². The molecule has 2 atom stereocenters. The second kappa shape index (κ2) is 3.08. The molecule has 0 unspecified atom stereocenters. The van der Waals surface area contributed by atoms with Crippen molar-refractivity contribution in [3.05, 3.63) is 21.9 Å². The summed E-state index contributed by atoms with van der Waals surface area (Å²) in [6.07, 6.45) is 0. The van der Waals surface area contributed by atoms with E-state index in [4.69, 9.17) is 11.0 Å². The standard InChI is InChI=1S/C11H14N2S/c1-11(2)8(6-13)10(11)9-4-3-7(5-12)14-9/h3-4,8,10H,6,13H2,1-2H3/t8-,10+/m1/s1. The largest absolute Gasteiger partial charge is 0.330 e. The van der Waals surface area contributed by atoms with Gasteiger partial charge in [0.15, 0.2) is 0 Å². The molecule has 74 valence electrons. The number of rotatable bonds is 2. The van der Waals surface area contributed by atoms with Gasteiger partial charge in [-0.05, 0) is 30.0 Å². The van der Waals surface area contributed by atoms with Crippen molar-refractivity contribution in [1.29, 1.82) is 5.26 Å². The lowest BCUT2D eigenvalue weighted by atomic mass is 10.1. The third kappa shape index (κ3) is 1.26. The van der Waals surface area contributed by atoms with Gasteiger partial charge in [0.05, 0.1) is 0 Å². The Labute approximate surface area is 88.4 Å². The molecule has 1 aliphatic rings. The predicted molar refractivity (Wildman–Crippen MR) is 58.1 cm³/mol. The van der Waals surface area contributed by atoms with Crippen LogP contribution in [0.4, 0.5) is 0 Å². The molecule has 2 N–H and O–H groups in total. The van der Waals surface area contributed by atoms with Crippen LogP contribution in [0.2, 0.25) is 0 Å². The molecular weight excluding hydrogens is 192 g/mol. The quantitative estimate of drug-likeness (QED) is 0.807. The Morgan fingerprint density at radius 1 is 1.57 bits per heavy atom. The van der Waals surface area contributed by atoms with Gasteiger partial charge >= 0.3 is 0 Å². The van der Waals surface area contributed by atoms with Crippen LogP contribution in [-0.4, -0.2) is 6.54 Å². The minimum atomic E-state index is 0.326. The van der Waals surface area contributed by atoms with E-state index in [1.165, 1.54) is 4.88 Å². The molecule has 14 heavy (non-hydrogen) atoms. The average Bonchev–Trinajstić information content (AvgIpc) is 2.55. The Kier molecular flexibility index (Phi) is 2.13. The molecule has 0 spiro atoms. The normalized spacial score (nSPS) is 28.4. The Morgan fingerprint density at radius 2 is 2.29 bits per heavy atom. The van der Waals surface area contributed by atoms with Crippen LogP contribution in [0.5, 0.6) is 0 Å². The van der Waals surface area contributed by atoms with E-state index in [9.17, 15) is 0 Å². The molecule has 0 amide bonds. The highest BCUT2D eigenvalue weighted by Gasteiger charge is 2.57. The van der Waals surface area contributed by atoms with Crippen LogP contribution in [0.1, 0.15) is 29.5 Å². The van der Waals surface area contributed by atoms with Crippen LogP contribution < -0.4 is 5.73 Å². The monoisotopic (exact) mass is 206 g/mol. The third-order valence-electron chi connectivity index (χ3n) is 3.35. The smallest absolute Gasteiger partial charge is 0.110 e. The minimum Gasteiger partial charge on any atom is -0.330 e. The summed E-state index contributed by atoms with van der Waals surface area (Å²) in [5.41, 5.74) is 6.04. The molecule has 1 aromatic rings. The summed E-state index contributed by atoms with van der Waals surface area (Å²) in [6, 6.07) is 6.16. The van der Waals surface area contributed by atoms with E-state index in [1.807, 2.05) is 6.07 Å². The van der Waals surface area contributed by atoms with E-state index in [1.54, 1.807) is 11.3 Å². The first-order chi connectivity index (χ1) is 6.61. The van der Waals surface area contributed by atoms with Gasteiger partial charge in [-0.25, -0.2) is 0 Å². The van der Waals surface area contributed by atoms with Gasteiger partial charge in [-0.15, -0.1) is 11.3 Å². The topological polar surface area (TPSA) is 49.8 Å². The molecule has 2 rings (SSSR count). The molecule has 3 heteroatoms. The maximum absolute atomic E-state index is 8.74. The number of nitrogens with two attached hydrogens (primary N) is 1. The molecule has 0 saturated heterocycles. The lowest BCUT2D eigenvalue weighted by Gasteiger charge is -1.98. The number of hydrogen-bond donors (Lipinski definition) is 1. The van der Waals surface area contributed by atoms with E-state index in [-0.39, 0.29) is 0 Å². The predicted octanol–water partition coefficient (Wildman–Crippen LogP) is 2.32. The average molecular weight is 206 g/mol. The summed E-state index contributed by atoms with van der Waals surface area (Å²) in [7, 11) is 0. The first-order valence-electron chi connectivity index (χ1n) is 4.81. The van der Waals surface area contributed by atoms with Gasteiger partial charge < -0.3 is 5.73 Å². The molecule has 1 aromatic heterocycles. The van der Waals surface area contributed by atoms with Gasteiger partial charge in [-0.2, -0.15) is 5.26 Å². The number of hydrogen-bond acceptors (Lipinski definition) is 3. The fraction of sp³-hybridized carbons (Fsp3) is 0.545. The molecule has 0 aliphatic heterocycles. The van der Waals surface area contributed by atoms with Gasteiger partial charge in [-0.1, -0.05) is 13.8 Å². The maximum Gasteiger partial charge on any atom is 0.110 e. The van der Waals surface area contributed by atoms with Crippen LogP contribution in [-0.2, 0) is 0 Å². The van der Waals surface area contributed by atoms with Crippen LogP contribution in [0.25, 0.3) is 0 Å². The Bertz CT molecular complexity index is 386. The van der Waals surface area contributed by atoms with Crippen LogP contribution in [0.3, 0.4) is 0 Å². The van der Waals surface area contributed by atoms with Gasteiger partial charge in [-0.3, -0.25) is 0 Å². The maximum atomic E-state index is 8.74. The second-order valence-corrected chi connectivity index (χ2v) is 5.57. The van der Waals surface area contributed by atoms with Gasteiger partial charge in [0, 0.05) is 10.8 Å². The van der Waals surface area contributed by atoms with Crippen molar-refractivity contribution in [2.24, 2.45) is 17.1 Å². The summed E-state index contributed by atoms with van der Waals surface area (Å²) in [5, 5.41) is 8.74. The van der Waals surface area contributed by atoms with Crippen LogP contribution in [0.15, 0.2) is 12.1 Å². The van der Waals surface area contributed by atoms with Crippen LogP contribution in [0, 0.1) is 22.7 Å². The number of nitrogens with zero attached hydrogens (tertiary/aromatic N) is 1. The zero-order chi connectivity index (χ0) is 10.3. The molecule has 1 fully saturated rings. The lowest BCUT2D eigenvalue weighted by molar-refractivity contribution is 0.559. The van der Waals surface area contributed by atoms with Crippen molar-refractivity contribution >= 4 is 11.3 Å². The van der Waals surface area contributed by atoms with Gasteiger partial charge in [0.2, 0.25) is 0 Å². The highest BCUT2D eigenvalue weighted by molar-refractivity contribution is 7.12. The van der Waals surface area contributed by atoms with Crippen molar-refractivity contribution in [1.82, 2.24) is 0 Å². The summed E-state index contributed by atoms with van der Waals surface area (Å²) in [5.74, 6) is 1.16. The minimum absolute atomic E-state index is 0.326. The summed E-state index contributed by atoms with van der Waals surface area (Å²) in [6.45, 7) is 5.25. The Morgan fingerprint density at radius 3 is 2.71 bits per heavy atom. The van der Waals surface area contributed by atoms with Crippen molar-refractivity contribution in [3.8, 4) is 6.07 Å². The molecule has 0 aromatic carbocycles. The number of nitriles is 1. The zero-order valence-electron chi connectivity index (χ0n) is 8.45. The fourth-order valence-corrected chi connectivity index (χ4v) is 3.50. The first kappa shape index (κ1) is 9.70. The highest BCUT2D eigenvalue weighted by atomic mass is 32.1. The first-order valence-corrected chi connectivity index (χ1v) is 5.62. The van der Waals surface area contributed by atoms with E-state index in [0.717, 1.165) is 11.4 Å². The summed E-state index contributed by atoms with van der Waals surface area (Å²) < 4.78 is 0. The summed E-state index contributed by atoms with van der Waals surface area (Å²) in [4.78, 5) is 2.13. The second-order valence-electron chi connectivity index (χ2n) is 4.46. The summed E-state index contributed by atoms with van der Waals surface area (Å²) >= 11 is 1.61. The van der Waals surface area contributed by atoms with Gasteiger partial charge in [0.25, 0.3) is 0 Å². The van der Waals surface area contributed by atoms with E-state index in [0.29, 0.717) is 17.3 Å².